The van der Waals surface area contributed by atoms with Gasteiger partial charge in [0.05, 0.1) is 12.9 Å². The molecule has 10 heteroatoms. The Morgan fingerprint density at radius 3 is 2.60 bits per heavy atom. The minimum Gasteiger partial charge on any atom is -0.497 e. The van der Waals surface area contributed by atoms with Gasteiger partial charge < -0.3 is 15.0 Å². The number of nitrogens with zero attached hydrogens (tertiary/aromatic N) is 5. The van der Waals surface area contributed by atoms with Crippen molar-refractivity contribution in [3.05, 3.63) is 41.8 Å². The van der Waals surface area contributed by atoms with Crippen LogP contribution in [-0.4, -0.2) is 38.6 Å². The van der Waals surface area contributed by atoms with Gasteiger partial charge in [0.15, 0.2) is 11.0 Å². The highest BCUT2D eigenvalue weighted by Crippen LogP contribution is 2.25. The van der Waals surface area contributed by atoms with Gasteiger partial charge in [0.25, 0.3) is 0 Å². The normalized spacial score (nSPS) is 10.5. The van der Waals surface area contributed by atoms with Gasteiger partial charge in [-0.2, -0.15) is 4.98 Å². The number of hydrogen-bond donors (Lipinski definition) is 1. The lowest BCUT2D eigenvalue weighted by atomic mass is 10.3. The van der Waals surface area contributed by atoms with E-state index in [0.717, 1.165) is 22.4 Å². The van der Waals surface area contributed by atoms with E-state index in [0.29, 0.717) is 30.4 Å². The highest BCUT2D eigenvalue weighted by atomic mass is 35.5. The highest BCUT2D eigenvalue weighted by molar-refractivity contribution is 7.98. The molecule has 0 saturated carbocycles. The van der Waals surface area contributed by atoms with Crippen LogP contribution in [0.25, 0.3) is 5.69 Å². The Kier molecular flexibility index (Phi) is 6.80. The van der Waals surface area contributed by atoms with Crippen molar-refractivity contribution in [2.24, 2.45) is 5.73 Å². The number of ether oxygens (including phenoxy) is 1. The van der Waals surface area contributed by atoms with Crippen molar-refractivity contribution in [2.45, 2.75) is 24.3 Å². The van der Waals surface area contributed by atoms with E-state index in [1.54, 1.807) is 14.0 Å². The number of halogens is 1. The molecule has 0 spiro atoms. The number of nitrogens with two attached hydrogens (primary N) is 1. The van der Waals surface area contributed by atoms with E-state index >= 15 is 0 Å². The van der Waals surface area contributed by atoms with Crippen LogP contribution in [0.1, 0.15) is 17.5 Å². The van der Waals surface area contributed by atoms with Crippen LogP contribution < -0.4 is 10.5 Å². The van der Waals surface area contributed by atoms with Crippen molar-refractivity contribution in [1.29, 1.82) is 0 Å². The second-order valence-corrected chi connectivity index (χ2v) is 5.93. The molecule has 25 heavy (non-hydrogen) atoms. The molecule has 2 N–H and O–H groups in total. The van der Waals surface area contributed by atoms with E-state index in [4.69, 9.17) is 15.0 Å². The molecular weight excluding hydrogens is 364 g/mol. The van der Waals surface area contributed by atoms with E-state index < -0.39 is 0 Å². The average molecular weight is 383 g/mol. The number of aryl methyl sites for hydroxylation is 1. The fourth-order valence-corrected chi connectivity index (χ4v) is 3.02. The zero-order valence-corrected chi connectivity index (χ0v) is 15.5. The standard InChI is InChI=1S/C15H18N6O2S.ClH/c1-10-17-13(20-23-10)9-24-15-19-18-14(7-8-16)21(15)11-3-5-12(22-2)6-4-11;/h3-6H,7-9,16H2,1-2H3;1H. The molecule has 0 aliphatic rings. The molecule has 0 saturated heterocycles. The van der Waals surface area contributed by atoms with Crippen LogP contribution in [0.3, 0.4) is 0 Å². The Bertz CT molecular complexity index is 805. The first kappa shape index (κ1) is 19.2. The summed E-state index contributed by atoms with van der Waals surface area (Å²) < 4.78 is 12.2. The summed E-state index contributed by atoms with van der Waals surface area (Å²) in [6.07, 6.45) is 0.640. The fourth-order valence-electron chi connectivity index (χ4n) is 2.20. The zero-order chi connectivity index (χ0) is 16.9. The summed E-state index contributed by atoms with van der Waals surface area (Å²) in [5.41, 5.74) is 6.64. The van der Waals surface area contributed by atoms with E-state index in [2.05, 4.69) is 20.3 Å². The number of rotatable bonds is 7. The van der Waals surface area contributed by atoms with Crippen molar-refractivity contribution < 1.29 is 9.26 Å². The molecule has 8 nitrogen and oxygen atoms in total. The molecule has 2 aromatic heterocycles. The molecule has 0 unspecified atom stereocenters. The minimum absolute atomic E-state index is 0. The van der Waals surface area contributed by atoms with Crippen molar-refractivity contribution in [1.82, 2.24) is 24.9 Å². The molecule has 134 valence electrons. The van der Waals surface area contributed by atoms with Gasteiger partial charge in [0.2, 0.25) is 5.89 Å². The predicted molar refractivity (Wildman–Crippen MR) is 96.5 cm³/mol. The van der Waals surface area contributed by atoms with Crippen LogP contribution in [0.4, 0.5) is 0 Å². The summed E-state index contributed by atoms with van der Waals surface area (Å²) in [4.78, 5) is 4.20. The number of thioether (sulfide) groups is 1. The van der Waals surface area contributed by atoms with Crippen molar-refractivity contribution in [3.63, 3.8) is 0 Å². The lowest BCUT2D eigenvalue weighted by molar-refractivity contribution is 0.389. The molecular formula is C15H19ClN6O2S. The molecule has 0 aliphatic carbocycles. The molecule has 2 heterocycles. The molecule has 0 amide bonds. The Hall–Kier alpha value is -2.10. The monoisotopic (exact) mass is 382 g/mol. The van der Waals surface area contributed by atoms with E-state index in [1.807, 2.05) is 28.8 Å². The first-order valence-corrected chi connectivity index (χ1v) is 8.40. The van der Waals surface area contributed by atoms with Gasteiger partial charge in [0, 0.05) is 19.0 Å². The van der Waals surface area contributed by atoms with Crippen LogP contribution in [0.15, 0.2) is 33.9 Å². The number of benzene rings is 1. The van der Waals surface area contributed by atoms with Gasteiger partial charge in [-0.25, -0.2) is 0 Å². The maximum atomic E-state index is 5.69. The second kappa shape index (κ2) is 8.84. The van der Waals surface area contributed by atoms with Crippen LogP contribution in [0.2, 0.25) is 0 Å². The molecule has 0 radical (unpaired) electrons. The number of aromatic nitrogens is 5. The van der Waals surface area contributed by atoms with Crippen molar-refractivity contribution >= 4 is 24.2 Å². The quantitative estimate of drug-likeness (QED) is 0.620. The molecule has 3 aromatic rings. The van der Waals surface area contributed by atoms with Crippen LogP contribution >= 0.6 is 24.2 Å². The lowest BCUT2D eigenvalue weighted by Crippen LogP contribution is -2.09. The average Bonchev–Trinajstić information content (AvgIpc) is 3.19. The van der Waals surface area contributed by atoms with Gasteiger partial charge >= 0.3 is 0 Å². The smallest absolute Gasteiger partial charge is 0.223 e. The van der Waals surface area contributed by atoms with Gasteiger partial charge in [-0.15, -0.1) is 22.6 Å². The SMILES string of the molecule is COc1ccc(-n2c(CCN)nnc2SCc2noc(C)n2)cc1.Cl. The van der Waals surface area contributed by atoms with Crippen molar-refractivity contribution in [2.75, 3.05) is 13.7 Å². The van der Waals surface area contributed by atoms with E-state index in [9.17, 15) is 0 Å². The van der Waals surface area contributed by atoms with Gasteiger partial charge in [-0.1, -0.05) is 16.9 Å². The summed E-state index contributed by atoms with van der Waals surface area (Å²) in [7, 11) is 1.64. The Morgan fingerprint density at radius 2 is 2.00 bits per heavy atom. The largest absolute Gasteiger partial charge is 0.497 e. The molecule has 0 aliphatic heterocycles. The summed E-state index contributed by atoms with van der Waals surface area (Å²) in [6.45, 7) is 2.27. The molecule has 1 aromatic carbocycles. The molecule has 0 atom stereocenters. The van der Waals surface area contributed by atoms with Gasteiger partial charge in [0.1, 0.15) is 11.6 Å². The molecule has 0 bridgehead atoms. The van der Waals surface area contributed by atoms with E-state index in [1.165, 1.54) is 11.8 Å². The van der Waals surface area contributed by atoms with Gasteiger partial charge in [-0.3, -0.25) is 4.57 Å². The third-order valence-electron chi connectivity index (χ3n) is 3.30. The maximum absolute atomic E-state index is 5.69. The highest BCUT2D eigenvalue weighted by Gasteiger charge is 2.15. The number of hydrogen-bond acceptors (Lipinski definition) is 8. The summed E-state index contributed by atoms with van der Waals surface area (Å²) >= 11 is 1.50. The minimum atomic E-state index is 0. The molecule has 0 fully saturated rings. The lowest BCUT2D eigenvalue weighted by Gasteiger charge is -2.10. The third-order valence-corrected chi connectivity index (χ3v) is 4.22. The first-order valence-electron chi connectivity index (χ1n) is 7.42. The summed E-state index contributed by atoms with van der Waals surface area (Å²) in [5, 5.41) is 13.2. The Balaban J connectivity index is 0.00000225. The van der Waals surface area contributed by atoms with Gasteiger partial charge in [-0.05, 0) is 30.8 Å². The van der Waals surface area contributed by atoms with E-state index in [-0.39, 0.29) is 12.4 Å². The summed E-state index contributed by atoms with van der Waals surface area (Å²) in [6, 6.07) is 7.73. The first-order chi connectivity index (χ1) is 11.7. The topological polar surface area (TPSA) is 105 Å². The van der Waals surface area contributed by atoms with Crippen LogP contribution in [0.5, 0.6) is 5.75 Å². The predicted octanol–water partition coefficient (Wildman–Crippen LogP) is 2.18. The van der Waals surface area contributed by atoms with Crippen molar-refractivity contribution in [3.8, 4) is 11.4 Å². The Morgan fingerprint density at radius 1 is 1.24 bits per heavy atom. The van der Waals surface area contributed by atoms with Crippen LogP contribution in [-0.2, 0) is 12.2 Å². The fraction of sp³-hybridized carbons (Fsp3) is 0.333. The number of methoxy groups -OCH3 is 1. The third kappa shape index (κ3) is 4.50. The summed E-state index contributed by atoms with van der Waals surface area (Å²) in [5.74, 6) is 3.33. The maximum Gasteiger partial charge on any atom is 0.223 e. The Labute approximate surface area is 155 Å². The zero-order valence-electron chi connectivity index (χ0n) is 13.9. The second-order valence-electron chi connectivity index (χ2n) is 4.99. The van der Waals surface area contributed by atoms with Crippen LogP contribution in [0, 0.1) is 6.92 Å². The molecule has 3 rings (SSSR count).